The van der Waals surface area contributed by atoms with Gasteiger partial charge in [-0.05, 0) is 183 Å². The Labute approximate surface area is 728 Å². The first-order chi connectivity index (χ1) is 58.2. The average molecular weight is 1800 g/mol. The number of rotatable bonds is 42. The highest BCUT2D eigenvalue weighted by Crippen LogP contribution is 2.44. The van der Waals surface area contributed by atoms with Gasteiger partial charge in [-0.25, -0.2) is 69.2 Å². The molecule has 9 aromatic carbocycles. The molecule has 3 aromatic heterocycles. The van der Waals surface area contributed by atoms with Gasteiger partial charge in [0.15, 0.2) is 32.5 Å². The maximum Gasteiger partial charge on any atom is 0.241 e. The van der Waals surface area contributed by atoms with Crippen molar-refractivity contribution in [3.05, 3.63) is 253 Å². The number of pyridine rings is 1. The molecule has 0 aliphatic heterocycles. The number of nitrogens with two attached hydrogens (primary N) is 4. The normalized spacial score (nSPS) is 11.5. The number of aromatic nitrogens is 4. The van der Waals surface area contributed by atoms with E-state index in [0.29, 0.717) is 95.7 Å². The van der Waals surface area contributed by atoms with Gasteiger partial charge < -0.3 is 55.4 Å². The zero-order valence-electron chi connectivity index (χ0n) is 68.4. The third-order valence-electron chi connectivity index (χ3n) is 17.5. The topological polar surface area (TPSA) is 395 Å². The summed E-state index contributed by atoms with van der Waals surface area (Å²) < 4.78 is 125. The number of ether oxygens (including phenoxy) is 4. The fraction of sp³-hybridized carbons (Fsp3) is 0.276. The number of aromatic amines is 1. The molecule has 0 saturated carbocycles. The largest absolute Gasteiger partial charge is 0.454 e. The molecule has 12 aromatic rings. The summed E-state index contributed by atoms with van der Waals surface area (Å²) in [5.41, 5.74) is 6.67. The van der Waals surface area contributed by atoms with E-state index in [1.165, 1.54) is 23.5 Å². The molecule has 0 fully saturated rings. The van der Waals surface area contributed by atoms with E-state index in [-0.39, 0.29) is 42.6 Å². The lowest BCUT2D eigenvalue weighted by Crippen LogP contribution is -2.26. The Kier molecular flexibility index (Phi) is 37.9. The summed E-state index contributed by atoms with van der Waals surface area (Å²) in [4.78, 5) is 18.1. The van der Waals surface area contributed by atoms with E-state index in [1.54, 1.807) is 114 Å². The van der Waals surface area contributed by atoms with Crippen LogP contribution in [0.2, 0.25) is 0 Å². The van der Waals surface area contributed by atoms with Crippen molar-refractivity contribution in [2.45, 2.75) is 137 Å². The van der Waals surface area contributed by atoms with E-state index in [0.717, 1.165) is 111 Å². The maximum atomic E-state index is 12.5. The summed E-state index contributed by atoms with van der Waals surface area (Å²) in [7, 11) is -12.0. The molecule has 0 aliphatic carbocycles. The van der Waals surface area contributed by atoms with Crippen LogP contribution in [-0.4, -0.2) is 112 Å². The minimum absolute atomic E-state index is 0.0211. The van der Waals surface area contributed by atoms with Crippen molar-refractivity contribution in [2.24, 2.45) is 20.6 Å². The number of fused-ring (bicyclic) bond motifs is 1. The van der Waals surface area contributed by atoms with Crippen LogP contribution in [0.15, 0.2) is 265 Å². The van der Waals surface area contributed by atoms with E-state index >= 15 is 0 Å². The molecule has 0 radical (unpaired) electrons. The number of H-pyrrole nitrogens is 1. The number of thiazole rings is 1. The Balaban J connectivity index is 0.000000184. The number of likely N-dealkylation sites (N-methyl/N-ethyl adjacent to an activating group) is 1. The number of imidazole rings is 1. The molecule has 0 bridgehead atoms. The van der Waals surface area contributed by atoms with Crippen LogP contribution in [0.5, 0.6) is 46.0 Å². The van der Waals surface area contributed by atoms with Crippen LogP contribution in [0.25, 0.3) is 10.2 Å². The number of hydrogen-bond acceptors (Lipinski definition) is 25. The average Bonchev–Trinajstić information content (AvgIpc) is 0.833. The summed E-state index contributed by atoms with van der Waals surface area (Å²) >= 11 is 6.19. The van der Waals surface area contributed by atoms with Crippen LogP contribution in [0.4, 0.5) is 22.7 Å². The molecule has 0 spiro atoms. The van der Waals surface area contributed by atoms with Gasteiger partial charge in [-0.3, -0.25) is 0 Å². The molecule has 0 amide bonds. The van der Waals surface area contributed by atoms with Gasteiger partial charge in [0.1, 0.15) is 42.6 Å². The molecule has 3 heterocycles. The fourth-order valence-corrected chi connectivity index (χ4v) is 17.9. The smallest absolute Gasteiger partial charge is 0.241 e. The summed E-state index contributed by atoms with van der Waals surface area (Å²) in [6.45, 7) is 13.4. The van der Waals surface area contributed by atoms with E-state index in [4.69, 9.17) is 39.5 Å². The molecule has 34 heteroatoms. The van der Waals surface area contributed by atoms with Crippen LogP contribution in [0.3, 0.4) is 0 Å². The van der Waals surface area contributed by atoms with Gasteiger partial charge in [0.25, 0.3) is 0 Å². The van der Waals surface area contributed by atoms with Crippen LogP contribution in [-0.2, 0) is 63.9 Å². The van der Waals surface area contributed by atoms with Crippen LogP contribution >= 0.6 is 46.6 Å². The molecule has 26 nitrogen and oxygen atoms in total. The lowest BCUT2D eigenvalue weighted by Gasteiger charge is -2.18. The minimum atomic E-state index is -4.02. The highest BCUT2D eigenvalue weighted by molar-refractivity contribution is 8.00. The molecule has 644 valence electrons. The highest BCUT2D eigenvalue weighted by Gasteiger charge is 2.27. The Hall–Kier alpha value is -9.76. The summed E-state index contributed by atoms with van der Waals surface area (Å²) in [6.07, 6.45) is 13.0. The van der Waals surface area contributed by atoms with Crippen molar-refractivity contribution in [1.29, 1.82) is 0 Å². The van der Waals surface area contributed by atoms with E-state index in [2.05, 4.69) is 79.1 Å². The van der Waals surface area contributed by atoms with Crippen molar-refractivity contribution in [3.8, 4) is 46.0 Å². The van der Waals surface area contributed by atoms with Crippen LogP contribution in [0.1, 0.15) is 101 Å². The molecule has 12 rings (SSSR count). The molecule has 0 saturated heterocycles. The Morgan fingerprint density at radius 2 is 0.760 bits per heavy atom. The third-order valence-corrected chi connectivity index (χ3v) is 25.4. The molecule has 0 aliphatic rings. The summed E-state index contributed by atoms with van der Waals surface area (Å²) in [5.74, 6) is 4.66. The number of anilines is 4. The Morgan fingerprint density at radius 1 is 0.405 bits per heavy atom. The zero-order valence-corrected chi connectivity index (χ0v) is 75.0. The standard InChI is InChI=1S/C24H25N3O3S3.C22H25N3O3S2.C21H32N4O3S.C20H24N4O3S2/c1-2-3-13-26-20-14-17(16-31-24-27-19-11-7-8-12-21(19)32-24)15-22(33(25,28)29)23(20)30-18-9-5-4-6-10-18;1-2-3-12-24-19-14-17(16-29-21-11-7-8-13-25-21)15-20(30(23,26)27)22(19)28-18-9-5-4-6-10-18;1-4-5-11-24-19-14-17(16-23-12-13-25(2)3)15-20(29(22,26)27)21(19)28-18-9-7-6-8-10-18;1-2-3-9-22-17-12-15(14-28-20-23-10-11-24-20)13-18(29(21,25)26)19(17)27-16-7-5-4-6-8-16/h4-12,14-15,26H,2-3,13,16H2,1H3,(H2,25,28,29);4-11,13-15,24H,2-3,12,16H2,1H3,(H2,23,26,27);6-10,14-15,23-24H,4-5,11-13,16H2,1-3H3,(H2,22,26,27);4-8,10-13,22H,2-3,9,14H2,1H3,(H,23,24)(H2,21,25,26). The van der Waals surface area contributed by atoms with Gasteiger partial charge in [-0.2, -0.15) is 0 Å². The Bertz CT molecular complexity index is 5650. The predicted molar refractivity (Wildman–Crippen MR) is 492 cm³/mol. The van der Waals surface area contributed by atoms with Crippen molar-refractivity contribution in [3.63, 3.8) is 0 Å². The first-order valence-corrected chi connectivity index (χ1v) is 49.3. The van der Waals surface area contributed by atoms with E-state index in [9.17, 15) is 33.7 Å². The Morgan fingerprint density at radius 3 is 1.11 bits per heavy atom. The number of unbranched alkanes of at least 4 members (excludes halogenated alkanes) is 4. The number of nitrogens with zero attached hydrogens (tertiary/aromatic N) is 4. The minimum Gasteiger partial charge on any atom is -0.454 e. The molecule has 121 heavy (non-hydrogen) atoms. The SMILES string of the molecule is CCCCNc1cc(CNCCN(C)C)cc(S(N)(=O)=O)c1Oc1ccccc1.CCCCNc1cc(CSc2ccccn2)cc(S(N)(=O)=O)c1Oc1ccccc1.CCCCNc1cc(CSc2nc3ccccc3s2)cc(S(N)(=O)=O)c1Oc1ccccc1.CCCCNc1cc(CSc2ncc[nH]2)cc(S(N)(=O)=O)c1Oc1ccccc1. The molecule has 0 unspecified atom stereocenters. The molecular formula is C87H106N14O12S8. The number of nitrogens with one attached hydrogen (secondary N) is 6. The molecule has 14 N–H and O–H groups in total. The quantitative estimate of drug-likeness (QED) is 0.0125. The van der Waals surface area contributed by atoms with Crippen molar-refractivity contribution in [2.75, 3.05) is 74.6 Å². The van der Waals surface area contributed by atoms with Gasteiger partial charge in [0.05, 0.1) is 38.0 Å². The lowest BCUT2D eigenvalue weighted by molar-refractivity contribution is 0.400. The second kappa shape index (κ2) is 48.2. The first kappa shape index (κ1) is 95.1. The number of thioether (sulfide) groups is 3. The van der Waals surface area contributed by atoms with Gasteiger partial charge in [0.2, 0.25) is 40.1 Å². The van der Waals surface area contributed by atoms with Gasteiger partial charge in [0, 0.05) is 81.7 Å². The number of hydrogen-bond donors (Lipinski definition) is 10. The van der Waals surface area contributed by atoms with Crippen LogP contribution < -0.4 is 66.1 Å². The fourth-order valence-electron chi connectivity index (χ4n) is 11.5. The summed E-state index contributed by atoms with van der Waals surface area (Å²) in [6, 6.07) is 64.0. The first-order valence-electron chi connectivity index (χ1n) is 39.3. The molecular weight excluding hydrogens is 1690 g/mol. The van der Waals surface area contributed by atoms with E-state index in [1.807, 2.05) is 154 Å². The zero-order chi connectivity index (χ0) is 86.6. The highest BCUT2D eigenvalue weighted by atomic mass is 32.2. The lowest BCUT2D eigenvalue weighted by atomic mass is 10.1. The number of para-hydroxylation sites is 5. The second-order valence-electron chi connectivity index (χ2n) is 27.7. The predicted octanol–water partition coefficient (Wildman–Crippen LogP) is 18.6. The molecule has 0 atom stereocenters. The third kappa shape index (κ3) is 31.6. The number of sulfonamides is 4. The summed E-state index contributed by atoms with van der Waals surface area (Å²) in [5, 5.41) is 40.5. The van der Waals surface area contributed by atoms with Gasteiger partial charge in [-0.15, -0.1) is 23.1 Å². The monoisotopic (exact) mass is 1790 g/mol. The van der Waals surface area contributed by atoms with Crippen molar-refractivity contribution in [1.82, 2.24) is 30.2 Å². The van der Waals surface area contributed by atoms with Crippen molar-refractivity contribution >= 4 is 120 Å². The van der Waals surface area contributed by atoms with E-state index < -0.39 is 40.1 Å². The number of benzene rings is 9. The van der Waals surface area contributed by atoms with Gasteiger partial charge in [-0.1, -0.05) is 168 Å². The van der Waals surface area contributed by atoms with Crippen LogP contribution in [0, 0.1) is 0 Å². The second-order valence-corrected chi connectivity index (χ2v) is 38.0. The number of primary sulfonamides is 4. The van der Waals surface area contributed by atoms with Crippen molar-refractivity contribution < 1.29 is 52.6 Å². The maximum absolute atomic E-state index is 12.5. The van der Waals surface area contributed by atoms with Gasteiger partial charge >= 0.3 is 0 Å².